The average molecular weight is 272 g/mol. The summed E-state index contributed by atoms with van der Waals surface area (Å²) in [6.45, 7) is 7.76. The Morgan fingerprint density at radius 3 is 2.70 bits per heavy atom. The smallest absolute Gasteiger partial charge is 0.246 e. The highest BCUT2D eigenvalue weighted by atomic mass is 16.7. The van der Waals surface area contributed by atoms with Gasteiger partial charge in [0.15, 0.2) is 11.5 Å². The van der Waals surface area contributed by atoms with Crippen molar-refractivity contribution in [1.29, 1.82) is 0 Å². The zero-order valence-electron chi connectivity index (χ0n) is 12.1. The molecule has 1 aliphatic rings. The summed E-state index contributed by atoms with van der Waals surface area (Å²) in [4.78, 5) is 0. The second-order valence-corrected chi connectivity index (χ2v) is 5.47. The third kappa shape index (κ3) is 2.59. The maximum absolute atomic E-state index is 5.74. The molecule has 1 N–H and O–H groups in total. The molecular formula is C16H20N2O2. The monoisotopic (exact) mass is 272 g/mol. The summed E-state index contributed by atoms with van der Waals surface area (Å²) in [7, 11) is 0. The van der Waals surface area contributed by atoms with Crippen molar-refractivity contribution in [3.63, 3.8) is 0 Å². The van der Waals surface area contributed by atoms with Gasteiger partial charge in [0.2, 0.25) is 5.79 Å². The van der Waals surface area contributed by atoms with E-state index >= 15 is 0 Å². The van der Waals surface area contributed by atoms with Gasteiger partial charge in [-0.1, -0.05) is 0 Å². The molecule has 3 rings (SSSR count). The van der Waals surface area contributed by atoms with Gasteiger partial charge in [-0.3, -0.25) is 0 Å². The van der Waals surface area contributed by atoms with Crippen LogP contribution in [-0.4, -0.2) is 10.4 Å². The lowest BCUT2D eigenvalue weighted by atomic mass is 10.2. The van der Waals surface area contributed by atoms with Crippen molar-refractivity contribution in [2.24, 2.45) is 0 Å². The van der Waals surface area contributed by atoms with Crippen LogP contribution in [0, 0.1) is 0 Å². The highest BCUT2D eigenvalue weighted by Gasteiger charge is 2.31. The van der Waals surface area contributed by atoms with Crippen LogP contribution in [0.2, 0.25) is 0 Å². The fraction of sp³-hybridized carbons (Fsp3) is 0.375. The maximum Gasteiger partial charge on any atom is 0.246 e. The number of hydrogen-bond donors (Lipinski definition) is 1. The van der Waals surface area contributed by atoms with E-state index in [2.05, 4.69) is 35.3 Å². The van der Waals surface area contributed by atoms with Crippen molar-refractivity contribution in [1.82, 2.24) is 4.57 Å². The van der Waals surface area contributed by atoms with Gasteiger partial charge in [-0.2, -0.15) is 0 Å². The van der Waals surface area contributed by atoms with Gasteiger partial charge in [0, 0.05) is 51.1 Å². The molecule has 0 atom stereocenters. The molecular weight excluding hydrogens is 252 g/mol. The minimum absolute atomic E-state index is 0.570. The molecule has 0 amide bonds. The zero-order valence-corrected chi connectivity index (χ0v) is 12.1. The topological polar surface area (TPSA) is 35.4 Å². The lowest BCUT2D eigenvalue weighted by molar-refractivity contribution is -0.0431. The normalized spacial score (nSPS) is 15.3. The van der Waals surface area contributed by atoms with Gasteiger partial charge in [-0.25, -0.2) is 0 Å². The number of hydrogen-bond acceptors (Lipinski definition) is 3. The Morgan fingerprint density at radius 2 is 1.95 bits per heavy atom. The number of rotatable bonds is 4. The summed E-state index contributed by atoms with van der Waals surface area (Å²) >= 11 is 0. The van der Waals surface area contributed by atoms with E-state index in [0.29, 0.717) is 0 Å². The third-order valence-corrected chi connectivity index (χ3v) is 3.33. The molecule has 20 heavy (non-hydrogen) atoms. The number of aromatic nitrogens is 1. The van der Waals surface area contributed by atoms with Gasteiger partial charge in [-0.05, 0) is 30.7 Å². The Balaban J connectivity index is 1.67. The standard InChI is InChI=1S/C16H20N2O2/c1-4-18-8-7-12(11-18)10-17-13-5-6-14-15(9-13)20-16(2,3)19-14/h5-9,11,17H,4,10H2,1-3H3. The minimum Gasteiger partial charge on any atom is -0.449 e. The molecule has 1 aromatic carbocycles. The van der Waals surface area contributed by atoms with Gasteiger partial charge in [0.25, 0.3) is 0 Å². The third-order valence-electron chi connectivity index (χ3n) is 3.33. The highest BCUT2D eigenvalue weighted by Crippen LogP contribution is 2.40. The summed E-state index contributed by atoms with van der Waals surface area (Å²) in [5, 5.41) is 3.41. The first-order valence-corrected chi connectivity index (χ1v) is 6.96. The van der Waals surface area contributed by atoms with E-state index in [9.17, 15) is 0 Å². The first kappa shape index (κ1) is 12.9. The number of ether oxygens (including phenoxy) is 2. The lowest BCUT2D eigenvalue weighted by Crippen LogP contribution is -2.29. The summed E-state index contributed by atoms with van der Waals surface area (Å²) in [6, 6.07) is 8.08. The van der Waals surface area contributed by atoms with Crippen molar-refractivity contribution < 1.29 is 9.47 Å². The summed E-state index contributed by atoms with van der Waals surface area (Å²) in [5.41, 5.74) is 2.30. The van der Waals surface area contributed by atoms with Gasteiger partial charge in [0.1, 0.15) is 0 Å². The fourth-order valence-corrected chi connectivity index (χ4v) is 2.33. The van der Waals surface area contributed by atoms with Crippen LogP contribution >= 0.6 is 0 Å². The molecule has 2 heterocycles. The Hall–Kier alpha value is -2.10. The summed E-state index contributed by atoms with van der Waals surface area (Å²) < 4.78 is 13.6. The Labute approximate surface area is 119 Å². The van der Waals surface area contributed by atoms with Crippen LogP contribution in [0.1, 0.15) is 26.3 Å². The predicted octanol–water partition coefficient (Wildman–Crippen LogP) is 3.63. The van der Waals surface area contributed by atoms with E-state index in [4.69, 9.17) is 9.47 Å². The molecule has 4 nitrogen and oxygen atoms in total. The second-order valence-electron chi connectivity index (χ2n) is 5.47. The van der Waals surface area contributed by atoms with E-state index in [1.165, 1.54) is 5.56 Å². The Kier molecular flexibility index (Phi) is 3.08. The van der Waals surface area contributed by atoms with Gasteiger partial charge < -0.3 is 19.4 Å². The number of aryl methyl sites for hydroxylation is 1. The molecule has 0 unspecified atom stereocenters. The van der Waals surface area contributed by atoms with Gasteiger partial charge in [-0.15, -0.1) is 0 Å². The second kappa shape index (κ2) is 4.78. The van der Waals surface area contributed by atoms with Crippen molar-refractivity contribution in [2.75, 3.05) is 5.32 Å². The molecule has 0 saturated carbocycles. The average Bonchev–Trinajstić information content (AvgIpc) is 2.97. The summed E-state index contributed by atoms with van der Waals surface area (Å²) in [5.74, 6) is 1.03. The maximum atomic E-state index is 5.74. The minimum atomic E-state index is -0.570. The van der Waals surface area contributed by atoms with Crippen molar-refractivity contribution >= 4 is 5.69 Å². The molecule has 0 spiro atoms. The molecule has 2 aromatic rings. The van der Waals surface area contributed by atoms with Gasteiger partial charge >= 0.3 is 0 Å². The number of benzene rings is 1. The lowest BCUT2D eigenvalue weighted by Gasteiger charge is -2.16. The molecule has 0 saturated heterocycles. The molecule has 0 aliphatic carbocycles. The number of nitrogens with one attached hydrogen (secondary N) is 1. The molecule has 0 fully saturated rings. The van der Waals surface area contributed by atoms with Crippen LogP contribution in [0.15, 0.2) is 36.7 Å². The number of nitrogens with zero attached hydrogens (tertiary/aromatic N) is 1. The van der Waals surface area contributed by atoms with Crippen molar-refractivity contribution in [3.8, 4) is 11.5 Å². The molecule has 1 aromatic heterocycles. The Morgan fingerprint density at radius 1 is 1.15 bits per heavy atom. The van der Waals surface area contributed by atoms with Crippen molar-refractivity contribution in [3.05, 3.63) is 42.2 Å². The molecule has 1 aliphatic heterocycles. The van der Waals surface area contributed by atoms with Crippen LogP contribution in [0.4, 0.5) is 5.69 Å². The van der Waals surface area contributed by atoms with E-state index in [0.717, 1.165) is 30.3 Å². The van der Waals surface area contributed by atoms with Crippen molar-refractivity contribution in [2.45, 2.75) is 39.6 Å². The van der Waals surface area contributed by atoms with E-state index in [1.54, 1.807) is 0 Å². The predicted molar refractivity (Wildman–Crippen MR) is 79.2 cm³/mol. The molecule has 0 bridgehead atoms. The molecule has 106 valence electrons. The highest BCUT2D eigenvalue weighted by molar-refractivity contribution is 5.56. The zero-order chi connectivity index (χ0) is 14.2. The fourth-order valence-electron chi connectivity index (χ4n) is 2.33. The Bertz CT molecular complexity index is 617. The SMILES string of the molecule is CCn1ccc(CNc2ccc3c(c2)OC(C)(C)O3)c1. The molecule has 4 heteroatoms. The first-order valence-electron chi connectivity index (χ1n) is 6.96. The number of anilines is 1. The molecule has 0 radical (unpaired) electrons. The number of fused-ring (bicyclic) bond motifs is 1. The van der Waals surface area contributed by atoms with E-state index in [-0.39, 0.29) is 0 Å². The quantitative estimate of drug-likeness (QED) is 0.923. The largest absolute Gasteiger partial charge is 0.449 e. The van der Waals surface area contributed by atoms with Crippen LogP contribution in [0.25, 0.3) is 0 Å². The van der Waals surface area contributed by atoms with Crippen LogP contribution in [0.5, 0.6) is 11.5 Å². The first-order chi connectivity index (χ1) is 9.55. The summed E-state index contributed by atoms with van der Waals surface area (Å²) in [6.07, 6.45) is 4.25. The van der Waals surface area contributed by atoms with Crippen LogP contribution in [-0.2, 0) is 13.1 Å². The van der Waals surface area contributed by atoms with Crippen LogP contribution < -0.4 is 14.8 Å². The van der Waals surface area contributed by atoms with E-state index in [1.807, 2.05) is 32.0 Å². The van der Waals surface area contributed by atoms with Gasteiger partial charge in [0.05, 0.1) is 0 Å². The van der Waals surface area contributed by atoms with E-state index < -0.39 is 5.79 Å². The van der Waals surface area contributed by atoms with Crippen LogP contribution in [0.3, 0.4) is 0 Å².